The van der Waals surface area contributed by atoms with Gasteiger partial charge in [0.05, 0.1) is 11.0 Å². The van der Waals surface area contributed by atoms with Gasteiger partial charge in [-0.3, -0.25) is 0 Å². The molecule has 3 aromatic heterocycles. The van der Waals surface area contributed by atoms with E-state index in [2.05, 4.69) is 163 Å². The molecule has 0 fully saturated rings. The molecule has 1 radical (unpaired) electrons. The molecular weight excluding hydrogens is 805 g/mol. The van der Waals surface area contributed by atoms with E-state index in [9.17, 15) is 0 Å². The topological polar surface area (TPSA) is 17.8 Å². The Bertz CT molecular complexity index is 2750. The first-order chi connectivity index (χ1) is 24.0. The van der Waals surface area contributed by atoms with Crippen LogP contribution in [-0.4, -0.2) is 9.55 Å². The Labute approximate surface area is 309 Å². The van der Waals surface area contributed by atoms with Crippen LogP contribution in [0, 0.1) is 6.07 Å². The first-order valence-electron chi connectivity index (χ1n) is 16.8. The van der Waals surface area contributed by atoms with Crippen LogP contribution in [0.3, 0.4) is 0 Å². The van der Waals surface area contributed by atoms with Gasteiger partial charge in [0.2, 0.25) is 0 Å². The van der Waals surface area contributed by atoms with Crippen molar-refractivity contribution in [3.05, 3.63) is 168 Å². The Morgan fingerprint density at radius 3 is 2.28 bits per heavy atom. The summed E-state index contributed by atoms with van der Waals surface area (Å²) < 4.78 is 2.44. The molecule has 9 aromatic rings. The van der Waals surface area contributed by atoms with Crippen LogP contribution in [0.4, 0.5) is 0 Å². The molecule has 6 aromatic carbocycles. The average Bonchev–Trinajstić information content (AvgIpc) is 3.83. The van der Waals surface area contributed by atoms with E-state index in [4.69, 9.17) is 4.98 Å². The summed E-state index contributed by atoms with van der Waals surface area (Å²) in [5.41, 5.74) is 14.7. The molecule has 2 nitrogen and oxygen atoms in total. The van der Waals surface area contributed by atoms with Crippen LogP contribution in [0.25, 0.3) is 82.2 Å². The largest absolute Gasteiger partial charge is 0.309 e. The Balaban J connectivity index is 0.00000336. The molecule has 50 heavy (non-hydrogen) atoms. The molecule has 0 bridgehead atoms. The van der Waals surface area contributed by atoms with Crippen LogP contribution in [0.15, 0.2) is 151 Å². The maximum absolute atomic E-state index is 4.75. The van der Waals surface area contributed by atoms with Gasteiger partial charge in [0.25, 0.3) is 0 Å². The van der Waals surface area contributed by atoms with Gasteiger partial charge in [-0.1, -0.05) is 98.3 Å². The second kappa shape index (κ2) is 11.7. The maximum Gasteiger partial charge on any atom is 0.0544 e. The fourth-order valence-corrected chi connectivity index (χ4v) is 8.80. The predicted molar refractivity (Wildman–Crippen MR) is 207 cm³/mol. The summed E-state index contributed by atoms with van der Waals surface area (Å²) in [6.45, 7) is 4.72. The second-order valence-electron chi connectivity index (χ2n) is 13.6. The number of fused-ring (bicyclic) bond motifs is 7. The van der Waals surface area contributed by atoms with Crippen LogP contribution in [0.2, 0.25) is 0 Å². The molecular formula is C46H31IrN2S-. The number of para-hydroxylation sites is 1. The van der Waals surface area contributed by atoms with Gasteiger partial charge in [-0.05, 0) is 97.7 Å². The molecule has 0 spiro atoms. The van der Waals surface area contributed by atoms with Gasteiger partial charge in [-0.25, -0.2) is 0 Å². The van der Waals surface area contributed by atoms with Crippen molar-refractivity contribution >= 4 is 43.9 Å². The van der Waals surface area contributed by atoms with Crippen molar-refractivity contribution in [2.24, 2.45) is 0 Å². The van der Waals surface area contributed by atoms with E-state index in [1.807, 2.05) is 12.3 Å². The van der Waals surface area contributed by atoms with Crippen molar-refractivity contribution in [1.29, 1.82) is 0 Å². The molecule has 0 saturated carbocycles. The van der Waals surface area contributed by atoms with Gasteiger partial charge in [-0.2, -0.15) is 0 Å². The summed E-state index contributed by atoms with van der Waals surface area (Å²) in [5.74, 6) is 0. The van der Waals surface area contributed by atoms with Crippen molar-refractivity contribution in [3.63, 3.8) is 0 Å². The minimum Gasteiger partial charge on any atom is -0.309 e. The van der Waals surface area contributed by atoms with Gasteiger partial charge in [-0.15, -0.1) is 41.2 Å². The number of thiophene rings is 1. The molecule has 0 atom stereocenters. The van der Waals surface area contributed by atoms with Gasteiger partial charge < -0.3 is 9.55 Å². The Morgan fingerprint density at radius 1 is 0.620 bits per heavy atom. The first-order valence-corrected chi connectivity index (χ1v) is 17.7. The molecule has 0 aliphatic heterocycles. The van der Waals surface area contributed by atoms with Crippen LogP contribution in [-0.2, 0) is 25.5 Å². The standard InChI is InChI=1S/C46H31N2S.Ir/c1-46(2)40-18-9-8-17-36(40)37-25-39-38-22-30(19-20-43(38)48(44(39)26-41(37)46)35-15-4-3-5-16-35)34-24-45(49-28-34)32-14-10-13-31(21-32)42-23-29-11-6-7-12-33(29)27-47-42;/h3-12,14-28H,1-2H3;/q-1;. The molecule has 0 amide bonds. The van der Waals surface area contributed by atoms with Crippen molar-refractivity contribution in [2.75, 3.05) is 0 Å². The summed E-state index contributed by atoms with van der Waals surface area (Å²) in [5, 5.41) is 7.17. The Morgan fingerprint density at radius 2 is 1.40 bits per heavy atom. The van der Waals surface area contributed by atoms with E-state index >= 15 is 0 Å². The second-order valence-corrected chi connectivity index (χ2v) is 14.5. The smallest absolute Gasteiger partial charge is 0.0544 e. The molecule has 10 rings (SSSR count). The summed E-state index contributed by atoms with van der Waals surface area (Å²) in [6, 6.07) is 54.2. The fraction of sp³-hybridized carbons (Fsp3) is 0.0652. The fourth-order valence-electron chi connectivity index (χ4n) is 7.89. The third-order valence-electron chi connectivity index (χ3n) is 10.4. The number of nitrogens with zero attached hydrogens (tertiary/aromatic N) is 2. The molecule has 1 aliphatic carbocycles. The number of pyridine rings is 1. The van der Waals surface area contributed by atoms with E-state index < -0.39 is 0 Å². The number of hydrogen-bond acceptors (Lipinski definition) is 2. The van der Waals surface area contributed by atoms with Crippen LogP contribution in [0.1, 0.15) is 25.0 Å². The quantitative estimate of drug-likeness (QED) is 0.162. The van der Waals surface area contributed by atoms with E-state index in [1.165, 1.54) is 76.7 Å². The number of aromatic nitrogens is 2. The van der Waals surface area contributed by atoms with Crippen molar-refractivity contribution in [2.45, 2.75) is 19.3 Å². The first kappa shape index (κ1) is 30.9. The summed E-state index contributed by atoms with van der Waals surface area (Å²) >= 11 is 1.78. The summed E-state index contributed by atoms with van der Waals surface area (Å²) in [6.07, 6.45) is 1.95. The predicted octanol–water partition coefficient (Wildman–Crippen LogP) is 12.5. The molecule has 1 aliphatic rings. The van der Waals surface area contributed by atoms with Gasteiger partial charge >= 0.3 is 0 Å². The Kier molecular flexibility index (Phi) is 7.26. The van der Waals surface area contributed by atoms with Gasteiger partial charge in [0.15, 0.2) is 0 Å². The summed E-state index contributed by atoms with van der Waals surface area (Å²) in [4.78, 5) is 5.99. The molecule has 4 heteroatoms. The third kappa shape index (κ3) is 4.75. The van der Waals surface area contributed by atoms with Crippen molar-refractivity contribution < 1.29 is 20.1 Å². The van der Waals surface area contributed by atoms with E-state index in [0.29, 0.717) is 0 Å². The number of hydrogen-bond donors (Lipinski definition) is 0. The number of rotatable bonds is 4. The zero-order chi connectivity index (χ0) is 32.7. The Hall–Kier alpha value is -5.12. The van der Waals surface area contributed by atoms with Crippen molar-refractivity contribution in [1.82, 2.24) is 9.55 Å². The molecule has 0 N–H and O–H groups in total. The van der Waals surface area contributed by atoms with Crippen LogP contribution < -0.4 is 0 Å². The summed E-state index contributed by atoms with van der Waals surface area (Å²) in [7, 11) is 0. The van der Waals surface area contributed by atoms with Crippen LogP contribution >= 0.6 is 11.3 Å². The van der Waals surface area contributed by atoms with Crippen LogP contribution in [0.5, 0.6) is 0 Å². The van der Waals surface area contributed by atoms with Crippen molar-refractivity contribution in [3.8, 4) is 49.6 Å². The monoisotopic (exact) mass is 836 g/mol. The normalized spacial score (nSPS) is 13.0. The molecule has 0 unspecified atom stereocenters. The minimum absolute atomic E-state index is 0. The zero-order valence-corrected chi connectivity index (χ0v) is 30.8. The molecule has 0 saturated heterocycles. The zero-order valence-electron chi connectivity index (χ0n) is 27.6. The van der Waals surface area contributed by atoms with E-state index in [0.717, 1.165) is 16.6 Å². The molecule has 3 heterocycles. The SMILES string of the molecule is CC1(C)c2ccccc2-c2cc3c4cc(-c5csc(-c6cc[c-]c(-c7cc8ccccc8cn7)c6)c5)ccc4n(-c4ccccc4)c3cc21.[Ir]. The van der Waals surface area contributed by atoms with E-state index in [-0.39, 0.29) is 25.5 Å². The average molecular weight is 836 g/mol. The maximum atomic E-state index is 4.75. The molecule has 241 valence electrons. The number of benzene rings is 6. The van der Waals surface area contributed by atoms with Gasteiger partial charge in [0.1, 0.15) is 0 Å². The minimum atomic E-state index is -0.0598. The third-order valence-corrected chi connectivity index (χ3v) is 11.4. The van der Waals surface area contributed by atoms with E-state index in [1.54, 1.807) is 11.3 Å². The van der Waals surface area contributed by atoms with Gasteiger partial charge in [0, 0.05) is 53.1 Å².